The third-order valence-electron chi connectivity index (χ3n) is 3.06. The van der Waals surface area contributed by atoms with Crippen LogP contribution in [0.1, 0.15) is 25.7 Å². The number of nitrogens with one attached hydrogen (secondary N) is 1. The standard InChI is InChI=1S/C11H18F2N2O3/c1-15(5-3-9(16)17)10(18)14-7-8-2-4-11(12,13)6-8/h8H,2-7H2,1H3,(H,14,18)(H,16,17). The molecule has 0 spiro atoms. The van der Waals surface area contributed by atoms with E-state index in [9.17, 15) is 18.4 Å². The molecule has 1 aliphatic carbocycles. The van der Waals surface area contributed by atoms with Gasteiger partial charge in [-0.25, -0.2) is 13.6 Å². The Kier molecular flexibility index (Phi) is 4.86. The second kappa shape index (κ2) is 5.97. The summed E-state index contributed by atoms with van der Waals surface area (Å²) in [6.07, 6.45) is -0.0357. The van der Waals surface area contributed by atoms with Crippen molar-refractivity contribution in [2.45, 2.75) is 31.6 Å². The number of carboxylic acid groups (broad SMARTS) is 1. The van der Waals surface area contributed by atoms with Crippen LogP contribution >= 0.6 is 0 Å². The average Bonchev–Trinajstić information content (AvgIpc) is 2.62. The van der Waals surface area contributed by atoms with Crippen LogP contribution in [0.2, 0.25) is 0 Å². The molecule has 1 atom stereocenters. The zero-order chi connectivity index (χ0) is 13.8. The highest BCUT2D eigenvalue weighted by atomic mass is 19.3. The van der Waals surface area contributed by atoms with E-state index in [2.05, 4.69) is 5.32 Å². The van der Waals surface area contributed by atoms with Crippen molar-refractivity contribution in [2.24, 2.45) is 5.92 Å². The molecule has 7 heteroatoms. The first-order valence-electron chi connectivity index (χ1n) is 5.89. The molecule has 1 saturated carbocycles. The first-order chi connectivity index (χ1) is 8.30. The van der Waals surface area contributed by atoms with Gasteiger partial charge >= 0.3 is 12.0 Å². The maximum Gasteiger partial charge on any atom is 0.317 e. The van der Waals surface area contributed by atoms with Crippen LogP contribution in [0.3, 0.4) is 0 Å². The summed E-state index contributed by atoms with van der Waals surface area (Å²) in [6.45, 7) is 0.313. The fourth-order valence-corrected chi connectivity index (χ4v) is 1.95. The molecule has 2 N–H and O–H groups in total. The van der Waals surface area contributed by atoms with Crippen molar-refractivity contribution in [3.63, 3.8) is 0 Å². The van der Waals surface area contributed by atoms with Gasteiger partial charge in [-0.1, -0.05) is 0 Å². The average molecular weight is 264 g/mol. The topological polar surface area (TPSA) is 69.6 Å². The fourth-order valence-electron chi connectivity index (χ4n) is 1.95. The van der Waals surface area contributed by atoms with Crippen LogP contribution in [0.5, 0.6) is 0 Å². The highest BCUT2D eigenvalue weighted by Gasteiger charge is 2.39. The summed E-state index contributed by atoms with van der Waals surface area (Å²) < 4.78 is 25.8. The molecule has 18 heavy (non-hydrogen) atoms. The monoisotopic (exact) mass is 264 g/mol. The number of hydrogen-bond acceptors (Lipinski definition) is 2. The van der Waals surface area contributed by atoms with Gasteiger partial charge in [-0.05, 0) is 12.3 Å². The summed E-state index contributed by atoms with van der Waals surface area (Å²) in [7, 11) is 1.47. The lowest BCUT2D eigenvalue weighted by Gasteiger charge is -2.18. The molecule has 1 unspecified atom stereocenters. The minimum Gasteiger partial charge on any atom is -0.481 e. The second-order valence-electron chi connectivity index (χ2n) is 4.72. The van der Waals surface area contributed by atoms with Crippen LogP contribution < -0.4 is 5.32 Å². The van der Waals surface area contributed by atoms with E-state index in [4.69, 9.17) is 5.11 Å². The number of carbonyl (C=O) groups excluding carboxylic acids is 1. The van der Waals surface area contributed by atoms with E-state index in [-0.39, 0.29) is 38.3 Å². The van der Waals surface area contributed by atoms with Gasteiger partial charge in [0.15, 0.2) is 0 Å². The number of urea groups is 1. The number of halogens is 2. The third-order valence-corrected chi connectivity index (χ3v) is 3.06. The molecule has 1 fully saturated rings. The molecule has 0 aromatic carbocycles. The third kappa shape index (κ3) is 4.85. The molecule has 0 radical (unpaired) electrons. The van der Waals surface area contributed by atoms with Crippen LogP contribution in [0.25, 0.3) is 0 Å². The molecule has 5 nitrogen and oxygen atoms in total. The molecule has 0 aromatic rings. The number of amides is 2. The van der Waals surface area contributed by atoms with E-state index in [1.807, 2.05) is 0 Å². The molecular weight excluding hydrogens is 246 g/mol. The van der Waals surface area contributed by atoms with Gasteiger partial charge in [0.1, 0.15) is 0 Å². The fraction of sp³-hybridized carbons (Fsp3) is 0.818. The Bertz CT molecular complexity index is 323. The molecule has 0 aromatic heterocycles. The predicted molar refractivity (Wildman–Crippen MR) is 60.6 cm³/mol. The molecular formula is C11H18F2N2O3. The first kappa shape index (κ1) is 14.7. The lowest BCUT2D eigenvalue weighted by Crippen LogP contribution is -2.40. The van der Waals surface area contributed by atoms with Crippen LogP contribution in [0.4, 0.5) is 13.6 Å². The van der Waals surface area contributed by atoms with Crippen molar-refractivity contribution < 1.29 is 23.5 Å². The number of alkyl halides is 2. The molecule has 1 rings (SSSR count). The number of carboxylic acids is 1. The van der Waals surface area contributed by atoms with Gasteiger partial charge in [0.2, 0.25) is 5.92 Å². The smallest absolute Gasteiger partial charge is 0.317 e. The largest absolute Gasteiger partial charge is 0.481 e. The predicted octanol–water partition coefficient (Wildman–Crippen LogP) is 1.54. The molecule has 0 aliphatic heterocycles. The second-order valence-corrected chi connectivity index (χ2v) is 4.72. The minimum absolute atomic E-state index is 0.0992. The Morgan fingerprint density at radius 3 is 2.67 bits per heavy atom. The zero-order valence-corrected chi connectivity index (χ0v) is 10.3. The van der Waals surface area contributed by atoms with E-state index in [0.717, 1.165) is 0 Å². The number of aliphatic carboxylic acids is 1. The lowest BCUT2D eigenvalue weighted by atomic mass is 10.1. The Balaban J connectivity index is 2.22. The van der Waals surface area contributed by atoms with Gasteiger partial charge in [-0.15, -0.1) is 0 Å². The van der Waals surface area contributed by atoms with Crippen LogP contribution in [0, 0.1) is 5.92 Å². The van der Waals surface area contributed by atoms with Crippen molar-refractivity contribution >= 4 is 12.0 Å². The van der Waals surface area contributed by atoms with Crippen molar-refractivity contribution in [3.8, 4) is 0 Å². The number of hydrogen-bond donors (Lipinski definition) is 2. The van der Waals surface area contributed by atoms with Gasteiger partial charge in [-0.3, -0.25) is 4.79 Å². The summed E-state index contributed by atoms with van der Waals surface area (Å²) in [5, 5.41) is 11.0. The van der Waals surface area contributed by atoms with Gasteiger partial charge in [0.25, 0.3) is 0 Å². The highest BCUT2D eigenvalue weighted by Crippen LogP contribution is 2.38. The van der Waals surface area contributed by atoms with Crippen LogP contribution in [-0.2, 0) is 4.79 Å². The minimum atomic E-state index is -2.61. The van der Waals surface area contributed by atoms with E-state index >= 15 is 0 Å². The zero-order valence-electron chi connectivity index (χ0n) is 10.3. The number of nitrogens with zero attached hydrogens (tertiary/aromatic N) is 1. The number of carbonyl (C=O) groups is 2. The van der Waals surface area contributed by atoms with Gasteiger partial charge in [0, 0.05) is 33.0 Å². The SMILES string of the molecule is CN(CCC(=O)O)C(=O)NCC1CCC(F)(F)C1. The highest BCUT2D eigenvalue weighted by molar-refractivity contribution is 5.74. The normalized spacial score (nSPS) is 21.6. The van der Waals surface area contributed by atoms with Crippen LogP contribution in [0.15, 0.2) is 0 Å². The van der Waals surface area contributed by atoms with Crippen molar-refractivity contribution in [2.75, 3.05) is 20.1 Å². The Morgan fingerprint density at radius 2 is 2.17 bits per heavy atom. The molecule has 1 aliphatic rings. The van der Waals surface area contributed by atoms with E-state index in [1.165, 1.54) is 11.9 Å². The summed E-state index contributed by atoms with van der Waals surface area (Å²) in [4.78, 5) is 23.1. The first-order valence-corrected chi connectivity index (χ1v) is 5.89. The Labute approximate surface area is 104 Å². The van der Waals surface area contributed by atoms with E-state index in [1.54, 1.807) is 0 Å². The van der Waals surface area contributed by atoms with Crippen LogP contribution in [-0.4, -0.2) is 48.1 Å². The summed E-state index contributed by atoms with van der Waals surface area (Å²) in [5.74, 6) is -3.79. The van der Waals surface area contributed by atoms with Crippen molar-refractivity contribution in [3.05, 3.63) is 0 Å². The molecule has 0 heterocycles. The summed E-state index contributed by atoms with van der Waals surface area (Å²) >= 11 is 0. The van der Waals surface area contributed by atoms with Gasteiger partial charge < -0.3 is 15.3 Å². The Hall–Kier alpha value is -1.40. The maximum absolute atomic E-state index is 12.9. The van der Waals surface area contributed by atoms with E-state index in [0.29, 0.717) is 6.42 Å². The quantitative estimate of drug-likeness (QED) is 0.791. The summed E-state index contributed by atoms with van der Waals surface area (Å²) in [5.41, 5.74) is 0. The molecule has 0 saturated heterocycles. The molecule has 2 amide bonds. The molecule has 104 valence electrons. The van der Waals surface area contributed by atoms with Gasteiger partial charge in [-0.2, -0.15) is 0 Å². The van der Waals surface area contributed by atoms with Crippen molar-refractivity contribution in [1.29, 1.82) is 0 Å². The summed E-state index contributed by atoms with van der Waals surface area (Å²) in [6, 6.07) is -0.425. The van der Waals surface area contributed by atoms with Gasteiger partial charge in [0.05, 0.1) is 6.42 Å². The molecule has 0 bridgehead atoms. The lowest BCUT2D eigenvalue weighted by molar-refractivity contribution is -0.137. The van der Waals surface area contributed by atoms with E-state index < -0.39 is 17.9 Å². The van der Waals surface area contributed by atoms with Crippen molar-refractivity contribution in [1.82, 2.24) is 10.2 Å². The Morgan fingerprint density at radius 1 is 1.50 bits per heavy atom. The number of rotatable bonds is 5. The maximum atomic E-state index is 12.9.